The number of amides is 2. The van der Waals surface area contributed by atoms with E-state index in [2.05, 4.69) is 26.8 Å². The zero-order valence-corrected chi connectivity index (χ0v) is 19.7. The summed E-state index contributed by atoms with van der Waals surface area (Å²) in [5.74, 6) is -0.753. The van der Waals surface area contributed by atoms with Crippen LogP contribution in [0.2, 0.25) is 5.02 Å². The molecule has 170 valence electrons. The minimum absolute atomic E-state index is 0.0265. The molecular weight excluding hydrogens is 513 g/mol. The molecule has 9 heteroatoms. The van der Waals surface area contributed by atoms with Gasteiger partial charge in [-0.05, 0) is 58.4 Å². The largest absolute Gasteiger partial charge is 0.488 e. The lowest BCUT2D eigenvalue weighted by Crippen LogP contribution is -2.36. The van der Waals surface area contributed by atoms with Gasteiger partial charge in [0.05, 0.1) is 21.1 Å². The van der Waals surface area contributed by atoms with E-state index in [0.717, 1.165) is 5.69 Å². The summed E-state index contributed by atoms with van der Waals surface area (Å²) < 4.78 is 20.2. The van der Waals surface area contributed by atoms with Crippen LogP contribution in [0.3, 0.4) is 0 Å². The van der Waals surface area contributed by atoms with Gasteiger partial charge < -0.3 is 9.64 Å². The van der Waals surface area contributed by atoms with E-state index >= 15 is 0 Å². The van der Waals surface area contributed by atoms with Gasteiger partial charge in [-0.25, -0.2) is 4.39 Å². The molecule has 0 radical (unpaired) electrons. The lowest BCUT2D eigenvalue weighted by Gasteiger charge is -2.17. The quantitative estimate of drug-likeness (QED) is 0.404. The van der Waals surface area contributed by atoms with E-state index in [9.17, 15) is 14.0 Å². The summed E-state index contributed by atoms with van der Waals surface area (Å²) in [6.45, 7) is 0.298. The molecule has 0 saturated carbocycles. The maximum atomic E-state index is 13.9. The Balaban J connectivity index is 1.32. The average Bonchev–Trinajstić information content (AvgIpc) is 3.20. The Labute approximate surface area is 203 Å². The van der Waals surface area contributed by atoms with Crippen molar-refractivity contribution in [2.75, 3.05) is 16.9 Å². The maximum Gasteiger partial charge on any atom is 0.243 e. The maximum absolute atomic E-state index is 13.9. The summed E-state index contributed by atoms with van der Waals surface area (Å²) in [4.78, 5) is 26.5. The van der Waals surface area contributed by atoms with Crippen molar-refractivity contribution in [2.45, 2.75) is 13.0 Å². The number of carbonyl (C=O) groups is 2. The van der Waals surface area contributed by atoms with Crippen LogP contribution in [-0.4, -0.2) is 18.4 Å². The second-order valence-electron chi connectivity index (χ2n) is 7.49. The van der Waals surface area contributed by atoms with Crippen LogP contribution in [0, 0.1) is 11.7 Å². The predicted molar refractivity (Wildman–Crippen MR) is 129 cm³/mol. The number of para-hydroxylation sites is 1. The van der Waals surface area contributed by atoms with Crippen LogP contribution >= 0.6 is 27.5 Å². The molecule has 3 aromatic carbocycles. The molecule has 2 N–H and O–H groups in total. The summed E-state index contributed by atoms with van der Waals surface area (Å²) in [6.07, 6.45) is 0.150. The number of hydrazine groups is 1. The second-order valence-corrected chi connectivity index (χ2v) is 8.75. The molecule has 33 heavy (non-hydrogen) atoms. The third kappa shape index (κ3) is 5.46. The van der Waals surface area contributed by atoms with Crippen LogP contribution in [0.15, 0.2) is 71.2 Å². The predicted octanol–water partition coefficient (Wildman–Crippen LogP) is 5.32. The molecule has 1 saturated heterocycles. The van der Waals surface area contributed by atoms with Crippen LogP contribution in [0.5, 0.6) is 5.75 Å². The fourth-order valence-corrected chi connectivity index (χ4v) is 4.20. The molecule has 1 aliphatic heterocycles. The third-order valence-electron chi connectivity index (χ3n) is 5.26. The first-order valence-electron chi connectivity index (χ1n) is 10.2. The molecule has 0 unspecified atom stereocenters. The van der Waals surface area contributed by atoms with Gasteiger partial charge in [0.15, 0.2) is 0 Å². The van der Waals surface area contributed by atoms with Crippen LogP contribution in [0.4, 0.5) is 15.8 Å². The van der Waals surface area contributed by atoms with E-state index in [1.807, 2.05) is 30.3 Å². The van der Waals surface area contributed by atoms with Crippen molar-refractivity contribution in [3.05, 3.63) is 87.6 Å². The first-order chi connectivity index (χ1) is 15.9. The SMILES string of the molecule is O=C(NNc1ccc(OCc2c(F)cccc2Cl)c(Br)c1)[C@H]1CC(=O)N(c2ccccc2)C1. The highest BCUT2D eigenvalue weighted by molar-refractivity contribution is 9.10. The molecule has 0 aliphatic carbocycles. The molecule has 4 rings (SSSR count). The van der Waals surface area contributed by atoms with Crippen LogP contribution < -0.4 is 20.5 Å². The first kappa shape index (κ1) is 23.1. The van der Waals surface area contributed by atoms with Crippen molar-refractivity contribution in [2.24, 2.45) is 5.92 Å². The number of hydrogen-bond acceptors (Lipinski definition) is 4. The Morgan fingerprint density at radius 1 is 1.15 bits per heavy atom. The Morgan fingerprint density at radius 3 is 2.67 bits per heavy atom. The first-order valence-corrected chi connectivity index (χ1v) is 11.4. The highest BCUT2D eigenvalue weighted by Gasteiger charge is 2.35. The second kappa shape index (κ2) is 10.2. The van der Waals surface area contributed by atoms with Crippen molar-refractivity contribution in [1.29, 1.82) is 0 Å². The van der Waals surface area contributed by atoms with E-state index in [1.165, 1.54) is 12.1 Å². The number of benzene rings is 3. The number of halogens is 3. The molecule has 0 spiro atoms. The minimum Gasteiger partial charge on any atom is -0.488 e. The molecule has 0 bridgehead atoms. The Morgan fingerprint density at radius 2 is 1.94 bits per heavy atom. The molecule has 6 nitrogen and oxygen atoms in total. The standard InChI is InChI=1S/C24H20BrClFN3O3/c25-19-12-16(9-10-22(19)33-14-18-20(26)7-4-8-21(18)27)28-29-24(32)15-11-23(31)30(13-15)17-5-2-1-3-6-17/h1-10,12,15,28H,11,13-14H2,(H,29,32)/t15-/m0/s1. The van der Waals surface area contributed by atoms with Crippen molar-refractivity contribution in [3.63, 3.8) is 0 Å². The van der Waals surface area contributed by atoms with Gasteiger partial charge in [0.1, 0.15) is 18.2 Å². The Hall–Kier alpha value is -3.10. The third-order valence-corrected chi connectivity index (χ3v) is 6.23. The molecule has 1 aliphatic rings. The number of rotatable bonds is 7. The smallest absolute Gasteiger partial charge is 0.243 e. The number of carbonyl (C=O) groups excluding carboxylic acids is 2. The topological polar surface area (TPSA) is 70.7 Å². The Kier molecular flexibility index (Phi) is 7.15. The van der Waals surface area contributed by atoms with Crippen LogP contribution in [0.1, 0.15) is 12.0 Å². The van der Waals surface area contributed by atoms with Crippen LogP contribution in [0.25, 0.3) is 0 Å². The number of hydrogen-bond donors (Lipinski definition) is 2. The Bertz CT molecular complexity index is 1160. The van der Waals surface area contributed by atoms with Crippen molar-refractivity contribution in [3.8, 4) is 5.75 Å². The fourth-order valence-electron chi connectivity index (χ4n) is 3.49. The highest BCUT2D eigenvalue weighted by Crippen LogP contribution is 2.30. The van der Waals surface area contributed by atoms with E-state index < -0.39 is 11.7 Å². The average molecular weight is 533 g/mol. The molecule has 2 amide bonds. The lowest BCUT2D eigenvalue weighted by molar-refractivity contribution is -0.125. The van der Waals surface area contributed by atoms with Crippen LogP contribution in [-0.2, 0) is 16.2 Å². The van der Waals surface area contributed by atoms with Gasteiger partial charge in [-0.15, -0.1) is 0 Å². The zero-order chi connectivity index (χ0) is 23.4. The summed E-state index contributed by atoms with van der Waals surface area (Å²) in [6, 6.07) is 18.8. The van der Waals surface area contributed by atoms with Crippen molar-refractivity contribution >= 4 is 50.7 Å². The number of nitrogens with one attached hydrogen (secondary N) is 2. The van der Waals surface area contributed by atoms with Gasteiger partial charge >= 0.3 is 0 Å². The van der Waals surface area contributed by atoms with Gasteiger partial charge in [0.2, 0.25) is 11.8 Å². The number of ether oxygens (including phenoxy) is 1. The van der Waals surface area contributed by atoms with E-state index in [0.29, 0.717) is 27.5 Å². The van der Waals surface area contributed by atoms with Gasteiger partial charge in [-0.1, -0.05) is 35.9 Å². The molecule has 0 aromatic heterocycles. The normalized spacial score (nSPS) is 15.4. The molecule has 1 fully saturated rings. The fraction of sp³-hybridized carbons (Fsp3) is 0.167. The van der Waals surface area contributed by atoms with E-state index in [4.69, 9.17) is 16.3 Å². The van der Waals surface area contributed by atoms with E-state index in [-0.39, 0.29) is 30.4 Å². The van der Waals surface area contributed by atoms with Crippen molar-refractivity contribution in [1.82, 2.24) is 5.43 Å². The summed E-state index contributed by atoms with van der Waals surface area (Å²) in [5.41, 5.74) is 7.17. The van der Waals surface area contributed by atoms with Crippen molar-refractivity contribution < 1.29 is 18.7 Å². The number of nitrogens with zero attached hydrogens (tertiary/aromatic N) is 1. The lowest BCUT2D eigenvalue weighted by atomic mass is 10.1. The summed E-state index contributed by atoms with van der Waals surface area (Å²) >= 11 is 9.45. The summed E-state index contributed by atoms with van der Waals surface area (Å²) in [5, 5.41) is 0.295. The summed E-state index contributed by atoms with van der Waals surface area (Å²) in [7, 11) is 0. The highest BCUT2D eigenvalue weighted by atomic mass is 79.9. The molecular formula is C24H20BrClFN3O3. The van der Waals surface area contributed by atoms with E-state index in [1.54, 1.807) is 29.2 Å². The van der Waals surface area contributed by atoms with Gasteiger partial charge in [0, 0.05) is 24.2 Å². The molecule has 3 aromatic rings. The zero-order valence-electron chi connectivity index (χ0n) is 17.4. The van der Waals surface area contributed by atoms with Gasteiger partial charge in [0.25, 0.3) is 0 Å². The number of anilines is 2. The van der Waals surface area contributed by atoms with Gasteiger partial charge in [-0.3, -0.25) is 20.4 Å². The monoisotopic (exact) mass is 531 g/mol. The molecule has 1 heterocycles. The van der Waals surface area contributed by atoms with Gasteiger partial charge in [-0.2, -0.15) is 0 Å². The minimum atomic E-state index is -0.457. The molecule has 1 atom stereocenters.